The van der Waals surface area contributed by atoms with Gasteiger partial charge in [0.25, 0.3) is 0 Å². The third-order valence-electron chi connectivity index (χ3n) is 2.76. The lowest BCUT2D eigenvalue weighted by atomic mass is 10.1. The standard InChI is InChI=1S/C14H11BrO/c1-14(15)8-4-7-13-11(9-14)10-5-2-3-6-12(10)16-13/h2-9H,1H3. The van der Waals surface area contributed by atoms with E-state index >= 15 is 0 Å². The first kappa shape index (κ1) is 9.91. The predicted octanol–water partition coefficient (Wildman–Crippen LogP) is 2.72. The Morgan fingerprint density at radius 1 is 1.25 bits per heavy atom. The van der Waals surface area contributed by atoms with Crippen molar-refractivity contribution in [1.29, 1.82) is 0 Å². The van der Waals surface area contributed by atoms with Crippen molar-refractivity contribution >= 4 is 39.1 Å². The summed E-state index contributed by atoms with van der Waals surface area (Å²) in [6, 6.07) is 8.13. The molecule has 2 heteroatoms. The minimum absolute atomic E-state index is 0.110. The van der Waals surface area contributed by atoms with Gasteiger partial charge in [-0.15, -0.1) is 0 Å². The zero-order chi connectivity index (χ0) is 11.2. The molecular formula is C14H11BrO. The van der Waals surface area contributed by atoms with E-state index in [0.29, 0.717) is 0 Å². The molecule has 0 N–H and O–H groups in total. The van der Waals surface area contributed by atoms with Crippen molar-refractivity contribution in [2.24, 2.45) is 0 Å². The summed E-state index contributed by atoms with van der Waals surface area (Å²) >= 11 is 3.68. The minimum Gasteiger partial charge on any atom is -0.456 e. The summed E-state index contributed by atoms with van der Waals surface area (Å²) in [5.41, 5.74) is 1.87. The van der Waals surface area contributed by atoms with Crippen LogP contribution in [0.1, 0.15) is 6.92 Å². The first-order valence-corrected chi connectivity index (χ1v) is 6.04. The maximum atomic E-state index is 5.80. The lowest BCUT2D eigenvalue weighted by Gasteiger charge is -2.09. The fourth-order valence-electron chi connectivity index (χ4n) is 2.01. The Labute approximate surface area is 102 Å². The first-order chi connectivity index (χ1) is 7.66. The van der Waals surface area contributed by atoms with E-state index in [1.165, 1.54) is 10.6 Å². The van der Waals surface area contributed by atoms with E-state index < -0.39 is 0 Å². The van der Waals surface area contributed by atoms with Crippen molar-refractivity contribution < 1.29 is 4.42 Å². The zero-order valence-corrected chi connectivity index (χ0v) is 10.5. The van der Waals surface area contributed by atoms with Gasteiger partial charge in [0.05, 0.1) is 4.32 Å². The molecule has 0 fully saturated rings. The summed E-state index contributed by atoms with van der Waals surface area (Å²) in [5, 5.41) is 2.34. The van der Waals surface area contributed by atoms with Gasteiger partial charge in [0.15, 0.2) is 0 Å². The van der Waals surface area contributed by atoms with Crippen LogP contribution >= 0.6 is 15.9 Å². The summed E-state index contributed by atoms with van der Waals surface area (Å²) in [7, 11) is 0. The van der Waals surface area contributed by atoms with Crippen molar-refractivity contribution in [1.82, 2.24) is 0 Å². The number of fused-ring (bicyclic) bond motifs is 3. The van der Waals surface area contributed by atoms with Gasteiger partial charge in [0.1, 0.15) is 11.0 Å². The molecular weight excluding hydrogens is 264 g/mol. The van der Waals surface area contributed by atoms with E-state index in [1.807, 2.05) is 30.4 Å². The van der Waals surface area contributed by atoms with Gasteiger partial charge in [-0.3, -0.25) is 0 Å². The van der Waals surface area contributed by atoms with Crippen LogP contribution in [0, 0.1) is 0 Å². The highest BCUT2D eigenvalue weighted by Gasteiger charge is 2.15. The van der Waals surface area contributed by atoms with E-state index in [9.17, 15) is 0 Å². The van der Waals surface area contributed by atoms with Gasteiger partial charge in [0.2, 0.25) is 0 Å². The number of alkyl halides is 1. The van der Waals surface area contributed by atoms with Crippen molar-refractivity contribution in [2.75, 3.05) is 0 Å². The Kier molecular flexibility index (Phi) is 2.08. The molecule has 1 aromatic heterocycles. The van der Waals surface area contributed by atoms with Crippen LogP contribution in [0.3, 0.4) is 0 Å². The summed E-state index contributed by atoms with van der Waals surface area (Å²) in [6.07, 6.45) is 8.34. The van der Waals surface area contributed by atoms with Crippen molar-refractivity contribution in [2.45, 2.75) is 11.2 Å². The molecule has 0 bridgehead atoms. The summed E-state index contributed by atoms with van der Waals surface area (Å²) in [4.78, 5) is 0. The molecule has 0 saturated heterocycles. The molecule has 1 aromatic carbocycles. The topological polar surface area (TPSA) is 13.1 Å². The third kappa shape index (κ3) is 1.54. The lowest BCUT2D eigenvalue weighted by Crippen LogP contribution is -2.22. The third-order valence-corrected chi connectivity index (χ3v) is 3.25. The SMILES string of the molecule is CC1(Br)C=CC=c2oc3ccccc3c2=C1. The summed E-state index contributed by atoms with van der Waals surface area (Å²) < 4.78 is 5.70. The Balaban J connectivity index is 2.52. The van der Waals surface area contributed by atoms with Gasteiger partial charge in [-0.25, -0.2) is 0 Å². The van der Waals surface area contributed by atoms with E-state index in [1.54, 1.807) is 0 Å². The van der Waals surface area contributed by atoms with Gasteiger partial charge >= 0.3 is 0 Å². The molecule has 0 amide bonds. The van der Waals surface area contributed by atoms with Crippen LogP contribution < -0.4 is 10.6 Å². The van der Waals surface area contributed by atoms with Crippen LogP contribution in [0.2, 0.25) is 0 Å². The number of hydrogen-bond acceptors (Lipinski definition) is 1. The van der Waals surface area contributed by atoms with Crippen LogP contribution in [0.4, 0.5) is 0 Å². The number of benzene rings is 1. The summed E-state index contributed by atoms with van der Waals surface area (Å²) in [5.74, 6) is 0. The number of para-hydroxylation sites is 1. The maximum Gasteiger partial charge on any atom is 0.135 e. The van der Waals surface area contributed by atoms with Crippen LogP contribution in [0.25, 0.3) is 23.1 Å². The van der Waals surface area contributed by atoms with Crippen molar-refractivity contribution in [3.05, 3.63) is 47.1 Å². The molecule has 3 rings (SSSR count). The fourth-order valence-corrected chi connectivity index (χ4v) is 2.39. The van der Waals surface area contributed by atoms with Gasteiger partial charge in [0, 0.05) is 10.6 Å². The minimum atomic E-state index is -0.110. The molecule has 1 aliphatic carbocycles. The Bertz CT molecular complexity index is 689. The number of furan rings is 1. The van der Waals surface area contributed by atoms with E-state index in [4.69, 9.17) is 4.42 Å². The van der Waals surface area contributed by atoms with Crippen molar-refractivity contribution in [3.8, 4) is 0 Å². The van der Waals surface area contributed by atoms with Crippen LogP contribution in [-0.2, 0) is 0 Å². The average Bonchev–Trinajstić information content (AvgIpc) is 2.48. The Morgan fingerprint density at radius 3 is 2.94 bits per heavy atom. The highest BCUT2D eigenvalue weighted by molar-refractivity contribution is 9.10. The van der Waals surface area contributed by atoms with Crippen LogP contribution in [0.15, 0.2) is 40.8 Å². The normalized spacial score (nSPS) is 23.4. The predicted molar refractivity (Wildman–Crippen MR) is 70.9 cm³/mol. The molecule has 1 nitrogen and oxygen atoms in total. The number of rotatable bonds is 0. The number of allylic oxidation sites excluding steroid dienone is 2. The van der Waals surface area contributed by atoms with E-state index in [-0.39, 0.29) is 4.32 Å². The van der Waals surface area contributed by atoms with Gasteiger partial charge in [-0.2, -0.15) is 0 Å². The molecule has 1 heterocycles. The first-order valence-electron chi connectivity index (χ1n) is 5.25. The van der Waals surface area contributed by atoms with Crippen molar-refractivity contribution in [3.63, 3.8) is 0 Å². The second-order valence-corrected chi connectivity index (χ2v) is 5.91. The molecule has 0 radical (unpaired) electrons. The molecule has 80 valence electrons. The highest BCUT2D eigenvalue weighted by atomic mass is 79.9. The molecule has 1 atom stereocenters. The highest BCUT2D eigenvalue weighted by Crippen LogP contribution is 2.22. The molecule has 1 unspecified atom stereocenters. The maximum absolute atomic E-state index is 5.80. The molecule has 1 aliphatic rings. The van der Waals surface area contributed by atoms with Gasteiger partial charge in [-0.1, -0.05) is 52.4 Å². The van der Waals surface area contributed by atoms with Crippen LogP contribution in [0.5, 0.6) is 0 Å². The number of halogens is 1. The average molecular weight is 275 g/mol. The van der Waals surface area contributed by atoms with Gasteiger partial charge in [-0.05, 0) is 19.1 Å². The Hall–Kier alpha value is -1.28. The number of hydrogen-bond donors (Lipinski definition) is 0. The largest absolute Gasteiger partial charge is 0.456 e. The second kappa shape index (κ2) is 3.36. The lowest BCUT2D eigenvalue weighted by molar-refractivity contribution is 0.575. The van der Waals surface area contributed by atoms with E-state index in [2.05, 4.69) is 41.1 Å². The molecule has 0 spiro atoms. The molecule has 0 saturated carbocycles. The van der Waals surface area contributed by atoms with E-state index in [0.717, 1.165) is 11.0 Å². The molecule has 2 aromatic rings. The smallest absolute Gasteiger partial charge is 0.135 e. The fraction of sp³-hybridized carbons (Fsp3) is 0.143. The van der Waals surface area contributed by atoms with Crippen LogP contribution in [-0.4, -0.2) is 4.32 Å². The molecule has 0 aliphatic heterocycles. The van der Waals surface area contributed by atoms with Gasteiger partial charge < -0.3 is 4.42 Å². The quantitative estimate of drug-likeness (QED) is 0.674. The summed E-state index contributed by atoms with van der Waals surface area (Å²) in [6.45, 7) is 2.12. The zero-order valence-electron chi connectivity index (χ0n) is 8.91. The molecule has 16 heavy (non-hydrogen) atoms. The second-order valence-electron chi connectivity index (χ2n) is 4.20. The monoisotopic (exact) mass is 274 g/mol. The Morgan fingerprint density at radius 2 is 2.06 bits per heavy atom.